The molecule has 2 aliphatic rings. The second-order valence-corrected chi connectivity index (χ2v) is 9.41. The quantitative estimate of drug-likeness (QED) is 0.304. The first-order valence-electron chi connectivity index (χ1n) is 12.0. The SMILES string of the molecule is [2H]c1ccc2c(c1)c1c3c(O)[nH]cc3c3c4cc([2H])ccc4n4c3c1n2[C@H]1C[C@](O)(CO)[C@]4(C)O1. The van der Waals surface area contributed by atoms with Crippen LogP contribution in [0.4, 0.5) is 0 Å². The monoisotopic (exact) mass is 441 g/mol. The fourth-order valence-electron chi connectivity index (χ4n) is 6.48. The van der Waals surface area contributed by atoms with Crippen molar-refractivity contribution in [3.63, 3.8) is 0 Å². The molecular formula is C26H21N3O4. The Balaban J connectivity index is 1.80. The molecule has 2 bridgehead atoms. The van der Waals surface area contributed by atoms with Gasteiger partial charge in [-0.25, -0.2) is 0 Å². The number of aromatic hydroxyl groups is 1. The molecule has 5 heterocycles. The number of H-pyrrole nitrogens is 1. The number of aromatic nitrogens is 3. The molecule has 3 aromatic carbocycles. The zero-order valence-corrected chi connectivity index (χ0v) is 17.7. The Labute approximate surface area is 189 Å². The Hall–Kier alpha value is -3.52. The third kappa shape index (κ3) is 1.73. The van der Waals surface area contributed by atoms with Crippen LogP contribution in [0.2, 0.25) is 0 Å². The summed E-state index contributed by atoms with van der Waals surface area (Å²) >= 11 is 0. The Morgan fingerprint density at radius 2 is 1.79 bits per heavy atom. The summed E-state index contributed by atoms with van der Waals surface area (Å²) in [6, 6.07) is 11.4. The molecule has 6 aromatic rings. The van der Waals surface area contributed by atoms with Gasteiger partial charge in [0.2, 0.25) is 0 Å². The van der Waals surface area contributed by atoms with E-state index in [4.69, 9.17) is 7.48 Å². The van der Waals surface area contributed by atoms with E-state index in [1.807, 2.05) is 21.3 Å². The highest BCUT2D eigenvalue weighted by Crippen LogP contribution is 2.57. The van der Waals surface area contributed by atoms with E-state index in [0.717, 1.165) is 49.0 Å². The molecule has 33 heavy (non-hydrogen) atoms. The van der Waals surface area contributed by atoms with Crippen molar-refractivity contribution < 1.29 is 22.8 Å². The number of fused-ring (bicyclic) bond motifs is 13. The fourth-order valence-corrected chi connectivity index (χ4v) is 6.48. The van der Waals surface area contributed by atoms with Crippen molar-refractivity contribution in [1.82, 2.24) is 14.1 Å². The third-order valence-corrected chi connectivity index (χ3v) is 7.98. The van der Waals surface area contributed by atoms with E-state index in [2.05, 4.69) is 4.98 Å². The summed E-state index contributed by atoms with van der Waals surface area (Å²) in [5, 5.41) is 37.8. The minimum absolute atomic E-state index is 0.0349. The van der Waals surface area contributed by atoms with Gasteiger partial charge in [-0.05, 0) is 19.1 Å². The highest BCUT2D eigenvalue weighted by Gasteiger charge is 2.60. The summed E-state index contributed by atoms with van der Waals surface area (Å²) in [5.74, 6) is 0.0349. The summed E-state index contributed by atoms with van der Waals surface area (Å²) in [4.78, 5) is 2.97. The van der Waals surface area contributed by atoms with Crippen molar-refractivity contribution in [1.29, 1.82) is 0 Å². The van der Waals surface area contributed by atoms with Crippen LogP contribution in [-0.2, 0) is 10.5 Å². The maximum Gasteiger partial charge on any atom is 0.197 e. The Kier molecular flexibility index (Phi) is 2.61. The average molecular weight is 441 g/mol. The van der Waals surface area contributed by atoms with Crippen LogP contribution in [0.3, 0.4) is 0 Å². The zero-order valence-electron chi connectivity index (χ0n) is 19.7. The van der Waals surface area contributed by atoms with Gasteiger partial charge in [0.05, 0.1) is 36.8 Å². The zero-order chi connectivity index (χ0) is 24.0. The number of hydrogen-bond acceptors (Lipinski definition) is 4. The molecule has 1 fully saturated rings. The van der Waals surface area contributed by atoms with Gasteiger partial charge in [-0.1, -0.05) is 36.4 Å². The molecule has 3 atom stereocenters. The number of benzene rings is 3. The van der Waals surface area contributed by atoms with E-state index in [1.165, 1.54) is 0 Å². The largest absolute Gasteiger partial charge is 0.494 e. The molecule has 0 radical (unpaired) electrons. The Morgan fingerprint density at radius 1 is 1.06 bits per heavy atom. The summed E-state index contributed by atoms with van der Waals surface area (Å²) in [6.45, 7) is 1.32. The first-order chi connectivity index (χ1) is 16.8. The van der Waals surface area contributed by atoms with E-state index in [-0.39, 0.29) is 12.3 Å². The number of aliphatic hydroxyl groups is 2. The second kappa shape index (κ2) is 5.34. The van der Waals surface area contributed by atoms with Crippen molar-refractivity contribution in [3.05, 3.63) is 54.7 Å². The van der Waals surface area contributed by atoms with Crippen molar-refractivity contribution in [2.75, 3.05) is 6.61 Å². The summed E-state index contributed by atoms with van der Waals surface area (Å²) in [7, 11) is 0. The van der Waals surface area contributed by atoms with Crippen LogP contribution in [0.15, 0.2) is 54.7 Å². The highest BCUT2D eigenvalue weighted by atomic mass is 16.6. The molecule has 3 aromatic heterocycles. The van der Waals surface area contributed by atoms with Gasteiger partial charge in [0.15, 0.2) is 11.6 Å². The maximum absolute atomic E-state index is 11.8. The predicted octanol–water partition coefficient (Wildman–Crippen LogP) is 4.42. The van der Waals surface area contributed by atoms with E-state index < -0.39 is 24.2 Å². The molecule has 164 valence electrons. The molecule has 2 aliphatic heterocycles. The van der Waals surface area contributed by atoms with Crippen LogP contribution in [0.1, 0.15) is 22.3 Å². The van der Waals surface area contributed by atoms with Crippen molar-refractivity contribution >= 4 is 54.4 Å². The fraction of sp³-hybridized carbons (Fsp3) is 0.231. The standard InChI is InChI=1S/C26H21N3O4/c1-25-26(32,12-30)10-18(33-25)28-16-8-4-2-6-13(16)20-21-15(11-27-24(21)31)19-14-7-3-5-9-17(14)29(25)23(19)22(20)28/h2-9,11,18,27,30-32H,10,12H2,1H3/t18-,25+,26+/m1/s1/i2D,3D. The van der Waals surface area contributed by atoms with Gasteiger partial charge in [0.1, 0.15) is 11.8 Å². The topological polar surface area (TPSA) is 95.6 Å². The number of ether oxygens (including phenoxy) is 1. The summed E-state index contributed by atoms with van der Waals surface area (Å²) in [6.07, 6.45) is 1.34. The van der Waals surface area contributed by atoms with Gasteiger partial charge in [-0.2, -0.15) is 0 Å². The molecule has 0 saturated carbocycles. The van der Waals surface area contributed by atoms with Crippen LogP contribution >= 0.6 is 0 Å². The Bertz CT molecular complexity index is 1940. The minimum Gasteiger partial charge on any atom is -0.494 e. The lowest BCUT2D eigenvalue weighted by molar-refractivity contribution is -0.189. The number of rotatable bonds is 1. The number of aromatic amines is 1. The predicted molar refractivity (Wildman–Crippen MR) is 126 cm³/mol. The highest BCUT2D eigenvalue weighted by molar-refractivity contribution is 6.37. The van der Waals surface area contributed by atoms with Crippen LogP contribution in [-0.4, -0.2) is 41.6 Å². The molecule has 0 aliphatic carbocycles. The van der Waals surface area contributed by atoms with Gasteiger partial charge in [0, 0.05) is 39.5 Å². The maximum atomic E-state index is 11.8. The number of nitrogens with zero attached hydrogens (tertiary/aromatic N) is 2. The Morgan fingerprint density at radius 3 is 2.55 bits per heavy atom. The molecule has 0 spiro atoms. The molecule has 7 nitrogen and oxygen atoms in total. The molecule has 7 heteroatoms. The molecule has 4 N–H and O–H groups in total. The lowest BCUT2D eigenvalue weighted by Gasteiger charge is -2.38. The van der Waals surface area contributed by atoms with Gasteiger partial charge >= 0.3 is 0 Å². The van der Waals surface area contributed by atoms with Crippen molar-refractivity contribution in [3.8, 4) is 5.88 Å². The number of nitrogens with one attached hydrogen (secondary N) is 1. The lowest BCUT2D eigenvalue weighted by Crippen LogP contribution is -2.52. The van der Waals surface area contributed by atoms with Gasteiger partial charge in [-0.15, -0.1) is 0 Å². The van der Waals surface area contributed by atoms with Crippen LogP contribution in [0.5, 0.6) is 5.88 Å². The molecule has 8 rings (SSSR count). The third-order valence-electron chi connectivity index (χ3n) is 7.98. The second-order valence-electron chi connectivity index (χ2n) is 9.41. The average Bonchev–Trinajstić information content (AvgIpc) is 3.51. The van der Waals surface area contributed by atoms with Crippen LogP contribution in [0, 0.1) is 0 Å². The van der Waals surface area contributed by atoms with Crippen LogP contribution < -0.4 is 0 Å². The van der Waals surface area contributed by atoms with E-state index in [9.17, 15) is 15.3 Å². The van der Waals surface area contributed by atoms with E-state index in [0.29, 0.717) is 17.5 Å². The lowest BCUT2D eigenvalue weighted by atomic mass is 9.90. The first-order valence-corrected chi connectivity index (χ1v) is 11.0. The minimum atomic E-state index is -1.57. The van der Waals surface area contributed by atoms with Gasteiger partial charge < -0.3 is 34.2 Å². The van der Waals surface area contributed by atoms with Gasteiger partial charge in [-0.3, -0.25) is 0 Å². The number of hydrogen-bond donors (Lipinski definition) is 4. The molecule has 1 saturated heterocycles. The summed E-state index contributed by atoms with van der Waals surface area (Å²) < 4.78 is 27.3. The van der Waals surface area contributed by atoms with Gasteiger partial charge in [0.25, 0.3) is 0 Å². The number of aliphatic hydroxyl groups excluding tert-OH is 1. The van der Waals surface area contributed by atoms with Crippen molar-refractivity contribution in [2.24, 2.45) is 0 Å². The molecular weight excluding hydrogens is 418 g/mol. The van der Waals surface area contributed by atoms with Crippen LogP contribution in [0.25, 0.3) is 54.4 Å². The molecule has 0 unspecified atom stereocenters. The first kappa shape index (κ1) is 16.1. The van der Waals surface area contributed by atoms with Crippen molar-refractivity contribution in [2.45, 2.75) is 30.9 Å². The normalized spacial score (nSPS) is 27.4. The smallest absolute Gasteiger partial charge is 0.197 e. The summed E-state index contributed by atoms with van der Waals surface area (Å²) in [5.41, 5.74) is 0.350. The number of para-hydroxylation sites is 2. The molecule has 0 amide bonds. The van der Waals surface area contributed by atoms with E-state index >= 15 is 0 Å². The van der Waals surface area contributed by atoms with E-state index in [1.54, 1.807) is 37.4 Å².